The molecule has 0 spiro atoms. The van der Waals surface area contributed by atoms with Gasteiger partial charge in [-0.15, -0.1) is 0 Å². The Hall–Kier alpha value is -0.860. The quantitative estimate of drug-likeness (QED) is 0.502. The summed E-state index contributed by atoms with van der Waals surface area (Å²) in [5, 5.41) is 0. The molecule has 3 heteroatoms. The van der Waals surface area contributed by atoms with E-state index in [1.807, 2.05) is 6.92 Å². The summed E-state index contributed by atoms with van der Waals surface area (Å²) in [6.07, 6.45) is 4.67. The van der Waals surface area contributed by atoms with E-state index in [4.69, 9.17) is 4.74 Å². The van der Waals surface area contributed by atoms with Crippen molar-refractivity contribution in [2.24, 2.45) is 5.92 Å². The number of hydrogen-bond acceptors (Lipinski definition) is 3. The molecule has 80 valence electrons. The van der Waals surface area contributed by atoms with Crippen LogP contribution >= 0.6 is 0 Å². The van der Waals surface area contributed by atoms with Gasteiger partial charge >= 0.3 is 5.97 Å². The average Bonchev–Trinajstić information content (AvgIpc) is 2.52. The third kappa shape index (κ3) is 3.48. The van der Waals surface area contributed by atoms with Crippen molar-refractivity contribution in [2.45, 2.75) is 45.4 Å². The number of carbonyl (C=O) groups is 2. The zero-order chi connectivity index (χ0) is 10.4. The van der Waals surface area contributed by atoms with E-state index in [0.29, 0.717) is 19.4 Å². The number of hydrogen-bond donors (Lipinski definition) is 0. The van der Waals surface area contributed by atoms with Crippen LogP contribution in [0.3, 0.4) is 0 Å². The van der Waals surface area contributed by atoms with E-state index >= 15 is 0 Å². The van der Waals surface area contributed by atoms with Crippen LogP contribution in [0.5, 0.6) is 0 Å². The second kappa shape index (κ2) is 5.78. The molecule has 0 bridgehead atoms. The van der Waals surface area contributed by atoms with Crippen LogP contribution in [0, 0.1) is 5.92 Å². The van der Waals surface area contributed by atoms with Crippen LogP contribution in [0.15, 0.2) is 0 Å². The number of carbonyl (C=O) groups excluding carboxylic acids is 2. The van der Waals surface area contributed by atoms with Gasteiger partial charge in [0.2, 0.25) is 0 Å². The average molecular weight is 198 g/mol. The van der Waals surface area contributed by atoms with Gasteiger partial charge in [0.1, 0.15) is 5.78 Å². The van der Waals surface area contributed by atoms with E-state index in [0.717, 1.165) is 25.7 Å². The lowest BCUT2D eigenvalue weighted by molar-refractivity contribution is -0.146. The zero-order valence-corrected chi connectivity index (χ0v) is 8.75. The molecule has 14 heavy (non-hydrogen) atoms. The van der Waals surface area contributed by atoms with Crippen LogP contribution < -0.4 is 0 Å². The molecular formula is C11H18O3. The SMILES string of the molecule is CCCCOC(=O)CC1CCCC1=O. The molecule has 0 aromatic carbocycles. The summed E-state index contributed by atoms with van der Waals surface area (Å²) in [7, 11) is 0. The summed E-state index contributed by atoms with van der Waals surface area (Å²) in [5.41, 5.74) is 0. The van der Waals surface area contributed by atoms with Crippen LogP contribution in [0.25, 0.3) is 0 Å². The van der Waals surface area contributed by atoms with E-state index in [9.17, 15) is 9.59 Å². The normalized spacial score (nSPS) is 21.2. The topological polar surface area (TPSA) is 43.4 Å². The lowest BCUT2D eigenvalue weighted by Gasteiger charge is -2.07. The first-order valence-electron chi connectivity index (χ1n) is 5.42. The second-order valence-corrected chi connectivity index (χ2v) is 3.83. The molecule has 0 heterocycles. The summed E-state index contributed by atoms with van der Waals surface area (Å²) in [6, 6.07) is 0. The van der Waals surface area contributed by atoms with Crippen molar-refractivity contribution in [1.82, 2.24) is 0 Å². The third-order valence-corrected chi connectivity index (χ3v) is 2.61. The molecule has 1 fully saturated rings. The Labute approximate surface area is 84.8 Å². The van der Waals surface area contributed by atoms with Gasteiger partial charge in [-0.25, -0.2) is 0 Å². The fourth-order valence-electron chi connectivity index (χ4n) is 1.69. The highest BCUT2D eigenvalue weighted by Gasteiger charge is 2.26. The van der Waals surface area contributed by atoms with Gasteiger partial charge < -0.3 is 4.74 Å². The predicted octanol–water partition coefficient (Wildman–Crippen LogP) is 2.09. The monoisotopic (exact) mass is 198 g/mol. The van der Waals surface area contributed by atoms with Crippen LogP contribution in [0.1, 0.15) is 45.4 Å². The molecule has 0 saturated heterocycles. The summed E-state index contributed by atoms with van der Waals surface area (Å²) >= 11 is 0. The Morgan fingerprint density at radius 3 is 2.93 bits per heavy atom. The number of ketones is 1. The van der Waals surface area contributed by atoms with Crippen molar-refractivity contribution < 1.29 is 14.3 Å². The molecule has 0 amide bonds. The number of unbranched alkanes of at least 4 members (excludes halogenated alkanes) is 1. The molecule has 1 saturated carbocycles. The van der Waals surface area contributed by atoms with Gasteiger partial charge in [-0.05, 0) is 19.3 Å². The smallest absolute Gasteiger partial charge is 0.306 e. The second-order valence-electron chi connectivity index (χ2n) is 3.83. The number of Topliss-reactive ketones (excluding diaryl/α,β-unsaturated/α-hetero) is 1. The Kier molecular flexibility index (Phi) is 4.63. The van der Waals surface area contributed by atoms with E-state index in [1.54, 1.807) is 0 Å². The van der Waals surface area contributed by atoms with Crippen molar-refractivity contribution in [1.29, 1.82) is 0 Å². The van der Waals surface area contributed by atoms with Crippen molar-refractivity contribution in [3.05, 3.63) is 0 Å². The Morgan fingerprint density at radius 1 is 1.57 bits per heavy atom. The number of esters is 1. The van der Waals surface area contributed by atoms with E-state index in [2.05, 4.69) is 0 Å². The molecule has 0 aromatic rings. The number of ether oxygens (including phenoxy) is 1. The minimum Gasteiger partial charge on any atom is -0.466 e. The summed E-state index contributed by atoms with van der Waals surface area (Å²) < 4.78 is 5.00. The standard InChI is InChI=1S/C11H18O3/c1-2-3-7-14-11(13)8-9-5-4-6-10(9)12/h9H,2-8H2,1H3. The Balaban J connectivity index is 2.16. The number of rotatable bonds is 5. The Morgan fingerprint density at radius 2 is 2.36 bits per heavy atom. The molecular weight excluding hydrogens is 180 g/mol. The van der Waals surface area contributed by atoms with Crippen molar-refractivity contribution >= 4 is 11.8 Å². The molecule has 1 unspecified atom stereocenters. The first-order valence-corrected chi connectivity index (χ1v) is 5.42. The molecule has 1 aliphatic rings. The Bertz CT molecular complexity index is 211. The van der Waals surface area contributed by atoms with Crippen LogP contribution in [0.4, 0.5) is 0 Å². The maximum Gasteiger partial charge on any atom is 0.306 e. The fourth-order valence-corrected chi connectivity index (χ4v) is 1.69. The van der Waals surface area contributed by atoms with Crippen LogP contribution in [0.2, 0.25) is 0 Å². The van der Waals surface area contributed by atoms with Crippen molar-refractivity contribution in [3.63, 3.8) is 0 Å². The molecule has 0 N–H and O–H groups in total. The first-order chi connectivity index (χ1) is 6.74. The maximum atomic E-state index is 11.2. The van der Waals surface area contributed by atoms with E-state index in [-0.39, 0.29) is 17.7 Å². The summed E-state index contributed by atoms with van der Waals surface area (Å²) in [6.45, 7) is 2.55. The minimum absolute atomic E-state index is 0.0517. The van der Waals surface area contributed by atoms with Crippen LogP contribution in [-0.2, 0) is 14.3 Å². The van der Waals surface area contributed by atoms with Gasteiger partial charge in [0.25, 0.3) is 0 Å². The van der Waals surface area contributed by atoms with Gasteiger partial charge in [0.15, 0.2) is 0 Å². The largest absolute Gasteiger partial charge is 0.466 e. The van der Waals surface area contributed by atoms with Crippen LogP contribution in [-0.4, -0.2) is 18.4 Å². The van der Waals surface area contributed by atoms with Gasteiger partial charge in [-0.1, -0.05) is 13.3 Å². The molecule has 3 nitrogen and oxygen atoms in total. The van der Waals surface area contributed by atoms with Gasteiger partial charge in [0.05, 0.1) is 13.0 Å². The van der Waals surface area contributed by atoms with Gasteiger partial charge in [-0.2, -0.15) is 0 Å². The minimum atomic E-state index is -0.210. The highest BCUT2D eigenvalue weighted by Crippen LogP contribution is 2.24. The van der Waals surface area contributed by atoms with Crippen molar-refractivity contribution in [3.8, 4) is 0 Å². The predicted molar refractivity (Wildman–Crippen MR) is 52.8 cm³/mol. The summed E-state index contributed by atoms with van der Waals surface area (Å²) in [4.78, 5) is 22.5. The highest BCUT2D eigenvalue weighted by molar-refractivity contribution is 5.86. The van der Waals surface area contributed by atoms with E-state index < -0.39 is 0 Å². The fraction of sp³-hybridized carbons (Fsp3) is 0.818. The van der Waals surface area contributed by atoms with Crippen molar-refractivity contribution in [2.75, 3.05) is 6.61 Å². The maximum absolute atomic E-state index is 11.2. The lowest BCUT2D eigenvalue weighted by atomic mass is 10.0. The van der Waals surface area contributed by atoms with E-state index in [1.165, 1.54) is 0 Å². The highest BCUT2D eigenvalue weighted by atomic mass is 16.5. The third-order valence-electron chi connectivity index (χ3n) is 2.61. The molecule has 0 aliphatic heterocycles. The first kappa shape index (κ1) is 11.2. The molecule has 1 aliphatic carbocycles. The molecule has 1 atom stereocenters. The molecule has 1 rings (SSSR count). The summed E-state index contributed by atoms with van der Waals surface area (Å²) in [5.74, 6) is -0.0275. The zero-order valence-electron chi connectivity index (χ0n) is 8.75. The van der Waals surface area contributed by atoms with Gasteiger partial charge in [-0.3, -0.25) is 9.59 Å². The molecule has 0 aromatic heterocycles. The molecule has 0 radical (unpaired) electrons. The lowest BCUT2D eigenvalue weighted by Crippen LogP contribution is -2.15. The van der Waals surface area contributed by atoms with Gasteiger partial charge in [0, 0.05) is 12.3 Å².